The van der Waals surface area contributed by atoms with Gasteiger partial charge in [-0.2, -0.15) is 16.9 Å². The van der Waals surface area contributed by atoms with Crippen molar-refractivity contribution in [3.63, 3.8) is 0 Å². The molecule has 0 saturated heterocycles. The first-order chi connectivity index (χ1) is 11.3. The second-order valence-electron chi connectivity index (χ2n) is 5.65. The summed E-state index contributed by atoms with van der Waals surface area (Å²) >= 11 is 1.84. The number of hydrogen-bond donors (Lipinski definition) is 2. The SMILES string of the molecule is CS[C@@H]1CCC[C@@H]1NC(=O)NCc1cccc(-n2cncn2)c1. The smallest absolute Gasteiger partial charge is 0.315 e. The van der Waals surface area contributed by atoms with E-state index >= 15 is 0 Å². The van der Waals surface area contributed by atoms with E-state index in [0.717, 1.165) is 17.7 Å². The number of benzene rings is 1. The van der Waals surface area contributed by atoms with E-state index in [1.54, 1.807) is 11.0 Å². The summed E-state index contributed by atoms with van der Waals surface area (Å²) < 4.78 is 1.70. The summed E-state index contributed by atoms with van der Waals surface area (Å²) in [5, 5.41) is 10.7. The first kappa shape index (κ1) is 15.9. The maximum absolute atomic E-state index is 12.1. The summed E-state index contributed by atoms with van der Waals surface area (Å²) in [6.07, 6.45) is 8.71. The van der Waals surface area contributed by atoms with E-state index in [2.05, 4.69) is 27.0 Å². The molecule has 23 heavy (non-hydrogen) atoms. The van der Waals surface area contributed by atoms with Gasteiger partial charge < -0.3 is 10.6 Å². The number of urea groups is 1. The van der Waals surface area contributed by atoms with Crippen molar-refractivity contribution in [1.82, 2.24) is 25.4 Å². The molecule has 2 amide bonds. The van der Waals surface area contributed by atoms with E-state index in [4.69, 9.17) is 0 Å². The van der Waals surface area contributed by atoms with Gasteiger partial charge in [-0.25, -0.2) is 14.5 Å². The van der Waals surface area contributed by atoms with Gasteiger partial charge in [-0.05, 0) is 36.8 Å². The molecule has 1 fully saturated rings. The summed E-state index contributed by atoms with van der Waals surface area (Å²) in [6, 6.07) is 8.08. The van der Waals surface area contributed by atoms with Crippen LogP contribution in [0.4, 0.5) is 4.79 Å². The second-order valence-corrected chi connectivity index (χ2v) is 6.73. The molecule has 2 N–H and O–H groups in total. The molecule has 1 aromatic heterocycles. The van der Waals surface area contributed by atoms with Crippen molar-refractivity contribution in [2.24, 2.45) is 0 Å². The zero-order valence-corrected chi connectivity index (χ0v) is 13.9. The van der Waals surface area contributed by atoms with Crippen LogP contribution in [0, 0.1) is 0 Å². The van der Waals surface area contributed by atoms with Crippen LogP contribution in [0.5, 0.6) is 0 Å². The van der Waals surface area contributed by atoms with Gasteiger partial charge in [0, 0.05) is 17.8 Å². The number of carbonyl (C=O) groups is 1. The molecular formula is C16H21N5OS. The lowest BCUT2D eigenvalue weighted by Crippen LogP contribution is -2.44. The third-order valence-corrected chi connectivity index (χ3v) is 5.29. The zero-order valence-electron chi connectivity index (χ0n) is 13.1. The Morgan fingerprint density at radius 2 is 2.35 bits per heavy atom. The third-order valence-electron chi connectivity index (χ3n) is 4.12. The second kappa shape index (κ2) is 7.50. The highest BCUT2D eigenvalue weighted by atomic mass is 32.2. The maximum atomic E-state index is 12.1. The quantitative estimate of drug-likeness (QED) is 0.882. The monoisotopic (exact) mass is 331 g/mol. The molecule has 0 radical (unpaired) electrons. The fourth-order valence-electron chi connectivity index (χ4n) is 2.93. The molecule has 3 rings (SSSR count). The largest absolute Gasteiger partial charge is 0.334 e. The molecule has 6 nitrogen and oxygen atoms in total. The van der Waals surface area contributed by atoms with E-state index in [9.17, 15) is 4.79 Å². The average Bonchev–Trinajstić information content (AvgIpc) is 3.24. The van der Waals surface area contributed by atoms with E-state index < -0.39 is 0 Å². The molecule has 7 heteroatoms. The number of rotatable bonds is 5. The molecule has 1 aliphatic rings. The van der Waals surface area contributed by atoms with Crippen molar-refractivity contribution in [2.45, 2.75) is 37.1 Å². The molecular weight excluding hydrogens is 310 g/mol. The van der Waals surface area contributed by atoms with Gasteiger partial charge >= 0.3 is 6.03 Å². The maximum Gasteiger partial charge on any atom is 0.315 e. The first-order valence-corrected chi connectivity index (χ1v) is 9.06. The molecule has 0 unspecified atom stereocenters. The predicted molar refractivity (Wildman–Crippen MR) is 91.7 cm³/mol. The van der Waals surface area contributed by atoms with Crippen LogP contribution in [0.1, 0.15) is 24.8 Å². The minimum absolute atomic E-state index is 0.0953. The lowest BCUT2D eigenvalue weighted by Gasteiger charge is -2.19. The summed E-state index contributed by atoms with van der Waals surface area (Å²) in [6.45, 7) is 0.491. The minimum Gasteiger partial charge on any atom is -0.334 e. The number of aromatic nitrogens is 3. The van der Waals surface area contributed by atoms with Crippen LogP contribution in [-0.2, 0) is 6.54 Å². The summed E-state index contributed by atoms with van der Waals surface area (Å²) in [5.74, 6) is 0. The zero-order chi connectivity index (χ0) is 16.1. The van der Waals surface area contributed by atoms with Crippen LogP contribution in [0.25, 0.3) is 5.69 Å². The summed E-state index contributed by atoms with van der Waals surface area (Å²) in [7, 11) is 0. The molecule has 0 aliphatic heterocycles. The topological polar surface area (TPSA) is 71.8 Å². The predicted octanol–water partition coefficient (Wildman–Crippen LogP) is 2.35. The Morgan fingerprint density at radius 3 is 3.13 bits per heavy atom. The Labute approximate surface area is 140 Å². The Balaban J connectivity index is 1.54. The van der Waals surface area contributed by atoms with E-state index in [0.29, 0.717) is 11.8 Å². The van der Waals surface area contributed by atoms with Crippen LogP contribution in [0.15, 0.2) is 36.9 Å². The summed E-state index contributed by atoms with van der Waals surface area (Å²) in [4.78, 5) is 16.0. The van der Waals surface area contributed by atoms with E-state index in [-0.39, 0.29) is 12.1 Å². The molecule has 0 spiro atoms. The van der Waals surface area contributed by atoms with Crippen molar-refractivity contribution in [1.29, 1.82) is 0 Å². The molecule has 2 aromatic rings. The van der Waals surface area contributed by atoms with Gasteiger partial charge in [-0.15, -0.1) is 0 Å². The number of thioether (sulfide) groups is 1. The summed E-state index contributed by atoms with van der Waals surface area (Å²) in [5.41, 5.74) is 1.96. The number of carbonyl (C=O) groups excluding carboxylic acids is 1. The van der Waals surface area contributed by atoms with Gasteiger partial charge in [0.1, 0.15) is 12.7 Å². The molecule has 2 atom stereocenters. The number of hydrogen-bond acceptors (Lipinski definition) is 4. The Morgan fingerprint density at radius 1 is 1.43 bits per heavy atom. The van der Waals surface area contributed by atoms with Crippen LogP contribution in [0.3, 0.4) is 0 Å². The fourth-order valence-corrected chi connectivity index (χ4v) is 3.86. The number of amides is 2. The minimum atomic E-state index is -0.0953. The van der Waals surface area contributed by atoms with E-state index in [1.165, 1.54) is 19.2 Å². The van der Waals surface area contributed by atoms with Gasteiger partial charge in [0.05, 0.1) is 5.69 Å². The fraction of sp³-hybridized carbons (Fsp3) is 0.438. The van der Waals surface area contributed by atoms with Crippen LogP contribution < -0.4 is 10.6 Å². The molecule has 1 aliphatic carbocycles. The first-order valence-electron chi connectivity index (χ1n) is 7.77. The van der Waals surface area contributed by atoms with Crippen molar-refractivity contribution in [3.05, 3.63) is 42.5 Å². The number of nitrogens with zero attached hydrogens (tertiary/aromatic N) is 3. The standard InChI is InChI=1S/C16H21N5OS/c1-23-15-7-3-6-14(15)20-16(22)18-9-12-4-2-5-13(8-12)21-11-17-10-19-21/h2,4-5,8,10-11,14-15H,3,6-7,9H2,1H3,(H2,18,20,22)/t14-,15+/m0/s1. The lowest BCUT2D eigenvalue weighted by atomic mass is 10.2. The highest BCUT2D eigenvalue weighted by molar-refractivity contribution is 7.99. The average molecular weight is 331 g/mol. The molecule has 1 saturated carbocycles. The van der Waals surface area contributed by atoms with Crippen molar-refractivity contribution < 1.29 is 4.79 Å². The van der Waals surface area contributed by atoms with Crippen LogP contribution in [-0.4, -0.2) is 38.3 Å². The van der Waals surface area contributed by atoms with Gasteiger partial charge in [-0.1, -0.05) is 18.6 Å². The molecule has 0 bridgehead atoms. The third kappa shape index (κ3) is 4.04. The van der Waals surface area contributed by atoms with E-state index in [1.807, 2.05) is 36.0 Å². The Hall–Kier alpha value is -2.02. The normalized spacial score (nSPS) is 20.4. The van der Waals surface area contributed by atoms with Gasteiger partial charge in [0.2, 0.25) is 0 Å². The lowest BCUT2D eigenvalue weighted by molar-refractivity contribution is 0.237. The molecule has 122 valence electrons. The van der Waals surface area contributed by atoms with Crippen molar-refractivity contribution in [2.75, 3.05) is 6.26 Å². The van der Waals surface area contributed by atoms with Crippen molar-refractivity contribution in [3.8, 4) is 5.69 Å². The number of nitrogens with one attached hydrogen (secondary N) is 2. The molecule has 1 heterocycles. The van der Waals surface area contributed by atoms with Gasteiger partial charge in [0.25, 0.3) is 0 Å². The van der Waals surface area contributed by atoms with Crippen LogP contribution in [0.2, 0.25) is 0 Å². The highest BCUT2D eigenvalue weighted by Gasteiger charge is 2.27. The van der Waals surface area contributed by atoms with Crippen LogP contribution >= 0.6 is 11.8 Å². The highest BCUT2D eigenvalue weighted by Crippen LogP contribution is 2.28. The van der Waals surface area contributed by atoms with Gasteiger partial charge in [-0.3, -0.25) is 0 Å². The van der Waals surface area contributed by atoms with Gasteiger partial charge in [0.15, 0.2) is 0 Å². The Kier molecular flexibility index (Phi) is 5.17. The molecule has 1 aromatic carbocycles. The van der Waals surface area contributed by atoms with Crippen molar-refractivity contribution >= 4 is 17.8 Å². The Bertz CT molecular complexity index is 646.